The van der Waals surface area contributed by atoms with E-state index in [0.29, 0.717) is 17.7 Å². The number of aromatic amines is 1. The summed E-state index contributed by atoms with van der Waals surface area (Å²) in [7, 11) is 0. The van der Waals surface area contributed by atoms with E-state index in [-0.39, 0.29) is 6.10 Å². The van der Waals surface area contributed by atoms with Crippen molar-refractivity contribution >= 4 is 45.9 Å². The van der Waals surface area contributed by atoms with Crippen molar-refractivity contribution in [1.29, 1.82) is 0 Å². The molecule has 0 saturated carbocycles. The average molecular weight is 489 g/mol. The molecule has 0 atom stereocenters. The normalized spacial score (nSPS) is 14.6. The van der Waals surface area contributed by atoms with Gasteiger partial charge in [0, 0.05) is 47.4 Å². The Hall–Kier alpha value is -3.23. The largest absolute Gasteiger partial charge is 0.393 e. The number of benzene rings is 2. The van der Waals surface area contributed by atoms with Gasteiger partial charge in [-0.15, -0.1) is 11.8 Å². The fraction of sp³-hybridized carbons (Fsp3) is 0.333. The zero-order valence-corrected chi connectivity index (χ0v) is 21.0. The van der Waals surface area contributed by atoms with Crippen LogP contribution in [-0.2, 0) is 6.54 Å². The SMILES string of the molecule is CC(C)Sc1ccccc1CNc1nc(Nc2ccc(N3CCC(O)CC3)cc2)nc2cc[nH]c12. The predicted molar refractivity (Wildman–Crippen MR) is 146 cm³/mol. The molecule has 8 heteroatoms. The number of hydrogen-bond acceptors (Lipinski definition) is 7. The van der Waals surface area contributed by atoms with Crippen LogP contribution in [0.25, 0.3) is 11.0 Å². The Morgan fingerprint density at radius 2 is 1.83 bits per heavy atom. The van der Waals surface area contributed by atoms with E-state index in [1.807, 2.05) is 24.0 Å². The van der Waals surface area contributed by atoms with Gasteiger partial charge >= 0.3 is 0 Å². The van der Waals surface area contributed by atoms with Crippen LogP contribution in [0.4, 0.5) is 23.1 Å². The topological polar surface area (TPSA) is 89.1 Å². The fourth-order valence-electron chi connectivity index (χ4n) is 4.34. The van der Waals surface area contributed by atoms with Crippen LogP contribution in [0.15, 0.2) is 65.7 Å². The van der Waals surface area contributed by atoms with Gasteiger partial charge in [0.2, 0.25) is 5.95 Å². The summed E-state index contributed by atoms with van der Waals surface area (Å²) < 4.78 is 0. The van der Waals surface area contributed by atoms with E-state index in [1.165, 1.54) is 16.1 Å². The van der Waals surface area contributed by atoms with E-state index in [1.54, 1.807) is 0 Å². The monoisotopic (exact) mass is 488 g/mol. The summed E-state index contributed by atoms with van der Waals surface area (Å²) >= 11 is 1.87. The average Bonchev–Trinajstić information content (AvgIpc) is 3.33. The third-order valence-electron chi connectivity index (χ3n) is 6.14. The Bertz CT molecular complexity index is 1260. The second-order valence-corrected chi connectivity index (χ2v) is 10.8. The maximum Gasteiger partial charge on any atom is 0.229 e. The Balaban J connectivity index is 1.32. The van der Waals surface area contributed by atoms with Crippen molar-refractivity contribution in [3.63, 3.8) is 0 Å². The van der Waals surface area contributed by atoms with Gasteiger partial charge in [0.15, 0.2) is 5.82 Å². The van der Waals surface area contributed by atoms with Crippen LogP contribution in [0.5, 0.6) is 0 Å². The zero-order valence-electron chi connectivity index (χ0n) is 20.2. The van der Waals surface area contributed by atoms with Crippen LogP contribution < -0.4 is 15.5 Å². The lowest BCUT2D eigenvalue weighted by molar-refractivity contribution is 0.145. The number of aromatic nitrogens is 3. The summed E-state index contributed by atoms with van der Waals surface area (Å²) in [6.45, 7) is 6.87. The van der Waals surface area contributed by atoms with Crippen molar-refractivity contribution in [2.24, 2.45) is 0 Å². The molecule has 0 bridgehead atoms. The quantitative estimate of drug-likeness (QED) is 0.234. The minimum Gasteiger partial charge on any atom is -0.393 e. The highest BCUT2D eigenvalue weighted by atomic mass is 32.2. The van der Waals surface area contributed by atoms with Crippen LogP contribution >= 0.6 is 11.8 Å². The van der Waals surface area contributed by atoms with Crippen LogP contribution in [0, 0.1) is 0 Å². The molecule has 0 spiro atoms. The number of hydrogen-bond donors (Lipinski definition) is 4. The van der Waals surface area contributed by atoms with Crippen LogP contribution in [0.3, 0.4) is 0 Å². The third-order valence-corrected chi connectivity index (χ3v) is 7.26. The van der Waals surface area contributed by atoms with E-state index >= 15 is 0 Å². The molecule has 182 valence electrons. The van der Waals surface area contributed by atoms with E-state index in [9.17, 15) is 5.11 Å². The molecule has 0 radical (unpaired) electrons. The summed E-state index contributed by atoms with van der Waals surface area (Å²) in [4.78, 5) is 16.3. The molecule has 1 aliphatic heterocycles. The van der Waals surface area contributed by atoms with Crippen LogP contribution in [0.1, 0.15) is 32.3 Å². The van der Waals surface area contributed by atoms with E-state index in [0.717, 1.165) is 48.5 Å². The van der Waals surface area contributed by atoms with Gasteiger partial charge in [-0.25, -0.2) is 4.98 Å². The van der Waals surface area contributed by atoms with Gasteiger partial charge in [-0.1, -0.05) is 32.0 Å². The maximum absolute atomic E-state index is 9.76. The summed E-state index contributed by atoms with van der Waals surface area (Å²) in [5, 5.41) is 17.2. The fourth-order valence-corrected chi connectivity index (χ4v) is 5.29. The van der Waals surface area contributed by atoms with Crippen molar-refractivity contribution in [3.8, 4) is 0 Å². The number of aliphatic hydroxyl groups is 1. The van der Waals surface area contributed by atoms with Gasteiger partial charge < -0.3 is 25.6 Å². The molecule has 0 unspecified atom stereocenters. The van der Waals surface area contributed by atoms with Crippen molar-refractivity contribution in [1.82, 2.24) is 15.0 Å². The number of nitrogens with zero attached hydrogens (tertiary/aromatic N) is 3. The molecule has 1 fully saturated rings. The summed E-state index contributed by atoms with van der Waals surface area (Å²) in [6, 6.07) is 18.8. The first-order valence-corrected chi connectivity index (χ1v) is 13.1. The van der Waals surface area contributed by atoms with Gasteiger partial charge in [0.1, 0.15) is 5.52 Å². The van der Waals surface area contributed by atoms with E-state index < -0.39 is 0 Å². The molecular formula is C27H32N6OS. The highest BCUT2D eigenvalue weighted by Crippen LogP contribution is 2.29. The Morgan fingerprint density at radius 1 is 1.06 bits per heavy atom. The molecule has 0 amide bonds. The number of anilines is 4. The lowest BCUT2D eigenvalue weighted by Crippen LogP contribution is -2.35. The Labute approximate surface area is 210 Å². The highest BCUT2D eigenvalue weighted by molar-refractivity contribution is 8.00. The molecule has 1 saturated heterocycles. The van der Waals surface area contributed by atoms with Crippen molar-refractivity contribution in [2.75, 3.05) is 28.6 Å². The van der Waals surface area contributed by atoms with Crippen molar-refractivity contribution in [3.05, 3.63) is 66.4 Å². The summed E-state index contributed by atoms with van der Waals surface area (Å²) in [6.07, 6.45) is 3.36. The Morgan fingerprint density at radius 3 is 2.60 bits per heavy atom. The maximum atomic E-state index is 9.76. The van der Waals surface area contributed by atoms with E-state index in [4.69, 9.17) is 4.98 Å². The number of rotatable bonds is 8. The molecule has 0 aliphatic carbocycles. The molecule has 5 rings (SSSR count). The lowest BCUT2D eigenvalue weighted by Gasteiger charge is -2.31. The van der Waals surface area contributed by atoms with E-state index in [2.05, 4.69) is 87.9 Å². The summed E-state index contributed by atoms with van der Waals surface area (Å²) in [5.74, 6) is 1.33. The van der Waals surface area contributed by atoms with Gasteiger partial charge in [0.25, 0.3) is 0 Å². The number of piperidine rings is 1. The molecule has 7 nitrogen and oxygen atoms in total. The summed E-state index contributed by atoms with van der Waals surface area (Å²) in [5.41, 5.74) is 5.11. The number of H-pyrrole nitrogens is 1. The molecule has 2 aromatic heterocycles. The molecule has 2 aromatic carbocycles. The molecule has 1 aliphatic rings. The van der Waals surface area contributed by atoms with Gasteiger partial charge in [-0.05, 0) is 54.8 Å². The smallest absolute Gasteiger partial charge is 0.229 e. The van der Waals surface area contributed by atoms with Gasteiger partial charge in [0.05, 0.1) is 11.6 Å². The number of aliphatic hydroxyl groups excluding tert-OH is 1. The number of fused-ring (bicyclic) bond motifs is 1. The first kappa shape index (κ1) is 23.5. The number of thioether (sulfide) groups is 1. The highest BCUT2D eigenvalue weighted by Gasteiger charge is 2.17. The molecule has 4 N–H and O–H groups in total. The standard InChI is InChI=1S/C27H32N6OS/c1-18(2)35-24-6-4-3-5-19(24)17-29-26-25-23(11-14-28-25)31-27(32-26)30-20-7-9-21(10-8-20)33-15-12-22(34)13-16-33/h3-11,14,18,22,28,34H,12-13,15-17H2,1-2H3,(H2,29,30,31,32). The first-order chi connectivity index (χ1) is 17.0. The first-order valence-electron chi connectivity index (χ1n) is 12.2. The zero-order chi connectivity index (χ0) is 24.2. The molecule has 35 heavy (non-hydrogen) atoms. The van der Waals surface area contributed by atoms with Crippen molar-refractivity contribution in [2.45, 2.75) is 49.5 Å². The second kappa shape index (κ2) is 10.6. The van der Waals surface area contributed by atoms with Gasteiger partial charge in [-0.2, -0.15) is 4.98 Å². The lowest BCUT2D eigenvalue weighted by atomic mass is 10.1. The minimum atomic E-state index is -0.169. The second-order valence-electron chi connectivity index (χ2n) is 9.15. The minimum absolute atomic E-state index is 0.169. The Kier molecular flexibility index (Phi) is 7.11. The third kappa shape index (κ3) is 5.71. The number of nitrogens with one attached hydrogen (secondary N) is 3. The van der Waals surface area contributed by atoms with Gasteiger partial charge in [-0.3, -0.25) is 0 Å². The molecule has 3 heterocycles. The molecule has 4 aromatic rings. The van der Waals surface area contributed by atoms with Crippen molar-refractivity contribution < 1.29 is 5.11 Å². The predicted octanol–water partition coefficient (Wildman–Crippen LogP) is 5.78. The van der Waals surface area contributed by atoms with Crippen LogP contribution in [-0.4, -0.2) is 44.5 Å². The molecular weight excluding hydrogens is 456 g/mol. The van der Waals surface area contributed by atoms with Crippen LogP contribution in [0.2, 0.25) is 0 Å².